The van der Waals surface area contributed by atoms with E-state index in [9.17, 15) is 20.1 Å². The summed E-state index contributed by atoms with van der Waals surface area (Å²) in [5, 5.41) is 31.0. The summed E-state index contributed by atoms with van der Waals surface area (Å²) in [5.74, 6) is -1.88. The van der Waals surface area contributed by atoms with E-state index in [4.69, 9.17) is 4.74 Å². The van der Waals surface area contributed by atoms with Crippen molar-refractivity contribution in [1.29, 1.82) is 0 Å². The summed E-state index contributed by atoms with van der Waals surface area (Å²) in [6, 6.07) is 0. The van der Waals surface area contributed by atoms with Gasteiger partial charge in [0, 0.05) is 11.1 Å². The van der Waals surface area contributed by atoms with E-state index >= 15 is 0 Å². The van der Waals surface area contributed by atoms with E-state index in [0.29, 0.717) is 25.0 Å². The molecule has 0 atom stereocenters. The van der Waals surface area contributed by atoms with Crippen LogP contribution in [0.4, 0.5) is 0 Å². The number of ether oxygens (including phenoxy) is 1. The molecule has 1 rings (SSSR count). The van der Waals surface area contributed by atoms with Crippen LogP contribution >= 0.6 is 0 Å². The zero-order chi connectivity index (χ0) is 25.2. The monoisotopic (exact) mass is 478 g/mol. The Morgan fingerprint density at radius 2 is 1.03 bits per heavy atom. The molecule has 0 aliphatic rings. The number of hydrogen-bond acceptors (Lipinski definition) is 4. The lowest BCUT2D eigenvalue weighted by molar-refractivity contribution is 0.0688. The Bertz CT molecular complexity index is 698. The molecule has 5 nitrogen and oxygen atoms in total. The fourth-order valence-electron chi connectivity index (χ4n) is 4.71. The standard InChI is InChI=1S/C29H50O5/c1-4-7-9-11-13-15-17-19-21-23-24(22-20-18-16-14-12-10-8-5-2)28(34-6-3)25(29(32)33)27(31)26(23)30/h30-31H,4-22H2,1-3H3,(H,32,33). The first-order chi connectivity index (χ1) is 16.5. The Morgan fingerprint density at radius 1 is 0.618 bits per heavy atom. The lowest BCUT2D eigenvalue weighted by Crippen LogP contribution is -2.10. The number of carboxylic acids is 1. The molecule has 0 unspecified atom stereocenters. The van der Waals surface area contributed by atoms with Gasteiger partial charge in [0.15, 0.2) is 11.5 Å². The highest BCUT2D eigenvalue weighted by Crippen LogP contribution is 2.44. The average Bonchev–Trinajstić information content (AvgIpc) is 2.81. The second kappa shape index (κ2) is 18.4. The molecule has 0 heterocycles. The van der Waals surface area contributed by atoms with Crippen molar-refractivity contribution < 1.29 is 24.9 Å². The number of carbonyl (C=O) groups is 1. The second-order valence-electron chi connectivity index (χ2n) is 9.55. The largest absolute Gasteiger partial charge is 0.504 e. The molecule has 5 heteroatoms. The number of unbranched alkanes of at least 4 members (excludes halogenated alkanes) is 14. The van der Waals surface area contributed by atoms with Crippen LogP contribution in [-0.4, -0.2) is 27.9 Å². The minimum atomic E-state index is -1.27. The Hall–Kier alpha value is -1.91. The van der Waals surface area contributed by atoms with Gasteiger partial charge in [0.1, 0.15) is 11.3 Å². The Morgan fingerprint density at radius 3 is 1.44 bits per heavy atom. The van der Waals surface area contributed by atoms with E-state index in [1.807, 2.05) is 6.92 Å². The van der Waals surface area contributed by atoms with Crippen molar-refractivity contribution in [2.45, 2.75) is 136 Å². The van der Waals surface area contributed by atoms with Crippen molar-refractivity contribution in [3.05, 3.63) is 16.7 Å². The van der Waals surface area contributed by atoms with Crippen LogP contribution in [0.25, 0.3) is 0 Å². The highest BCUT2D eigenvalue weighted by molar-refractivity contribution is 5.96. The number of hydrogen-bond donors (Lipinski definition) is 3. The van der Waals surface area contributed by atoms with Gasteiger partial charge >= 0.3 is 5.97 Å². The van der Waals surface area contributed by atoms with E-state index < -0.39 is 11.7 Å². The zero-order valence-corrected chi connectivity index (χ0v) is 22.1. The summed E-state index contributed by atoms with van der Waals surface area (Å²) in [4.78, 5) is 11.9. The molecule has 0 fully saturated rings. The minimum Gasteiger partial charge on any atom is -0.504 e. The van der Waals surface area contributed by atoms with Gasteiger partial charge in [-0.15, -0.1) is 0 Å². The van der Waals surface area contributed by atoms with E-state index in [1.54, 1.807) is 0 Å². The Kier molecular flexibility index (Phi) is 16.3. The number of phenols is 2. The van der Waals surface area contributed by atoms with E-state index in [1.165, 1.54) is 64.2 Å². The molecule has 34 heavy (non-hydrogen) atoms. The molecular weight excluding hydrogens is 428 g/mol. The van der Waals surface area contributed by atoms with Crippen LogP contribution in [-0.2, 0) is 12.8 Å². The first-order valence-corrected chi connectivity index (χ1v) is 13.9. The number of rotatable bonds is 21. The number of aromatic hydroxyl groups is 2. The third kappa shape index (κ3) is 10.6. The SMILES string of the molecule is CCCCCCCCCCc1c(O)c(O)c(C(=O)O)c(OCC)c1CCCCCCCCCC. The molecule has 0 aliphatic carbocycles. The van der Waals surface area contributed by atoms with Gasteiger partial charge in [-0.25, -0.2) is 4.79 Å². The summed E-state index contributed by atoms with van der Waals surface area (Å²) in [5.41, 5.74) is 1.12. The molecule has 0 bridgehead atoms. The summed E-state index contributed by atoms with van der Waals surface area (Å²) < 4.78 is 5.76. The Balaban J connectivity index is 2.87. The molecule has 0 saturated heterocycles. The minimum absolute atomic E-state index is 0.239. The van der Waals surface area contributed by atoms with E-state index in [2.05, 4.69) is 13.8 Å². The Labute approximate surface area is 207 Å². The summed E-state index contributed by atoms with van der Waals surface area (Å²) in [7, 11) is 0. The quantitative estimate of drug-likeness (QED) is 0.122. The maximum absolute atomic E-state index is 11.9. The van der Waals surface area contributed by atoms with Crippen LogP contribution < -0.4 is 4.74 Å². The number of benzene rings is 1. The topological polar surface area (TPSA) is 87.0 Å². The molecule has 0 aliphatic heterocycles. The first-order valence-electron chi connectivity index (χ1n) is 13.9. The zero-order valence-electron chi connectivity index (χ0n) is 22.1. The van der Waals surface area contributed by atoms with Gasteiger partial charge in [-0.3, -0.25) is 0 Å². The van der Waals surface area contributed by atoms with Gasteiger partial charge in [0.25, 0.3) is 0 Å². The van der Waals surface area contributed by atoms with Crippen LogP contribution in [0.15, 0.2) is 0 Å². The summed E-state index contributed by atoms with van der Waals surface area (Å²) >= 11 is 0. The lowest BCUT2D eigenvalue weighted by atomic mass is 9.91. The molecule has 0 saturated carbocycles. The molecule has 0 spiro atoms. The van der Waals surface area contributed by atoms with Crippen molar-refractivity contribution in [2.75, 3.05) is 6.61 Å². The maximum Gasteiger partial charge on any atom is 0.343 e. The van der Waals surface area contributed by atoms with Gasteiger partial charge in [0.2, 0.25) is 0 Å². The van der Waals surface area contributed by atoms with E-state index in [0.717, 1.165) is 44.1 Å². The van der Waals surface area contributed by atoms with Crippen LogP contribution in [0.3, 0.4) is 0 Å². The first kappa shape index (κ1) is 30.1. The smallest absolute Gasteiger partial charge is 0.343 e. The third-order valence-corrected chi connectivity index (χ3v) is 6.68. The molecular formula is C29H50O5. The van der Waals surface area contributed by atoms with E-state index in [-0.39, 0.29) is 17.1 Å². The van der Waals surface area contributed by atoms with Gasteiger partial charge in [-0.2, -0.15) is 0 Å². The average molecular weight is 479 g/mol. The third-order valence-electron chi connectivity index (χ3n) is 6.68. The molecule has 0 radical (unpaired) electrons. The summed E-state index contributed by atoms with van der Waals surface area (Å²) in [6.45, 7) is 6.57. The normalized spacial score (nSPS) is 11.1. The van der Waals surface area contributed by atoms with Gasteiger partial charge < -0.3 is 20.1 Å². The van der Waals surface area contributed by atoms with Crippen molar-refractivity contribution >= 4 is 5.97 Å². The van der Waals surface area contributed by atoms with Crippen molar-refractivity contribution in [3.63, 3.8) is 0 Å². The number of carboxylic acid groups (broad SMARTS) is 1. The number of phenolic OH excluding ortho intramolecular Hbond substituents is 1. The predicted molar refractivity (Wildman–Crippen MR) is 141 cm³/mol. The molecule has 1 aromatic carbocycles. The highest BCUT2D eigenvalue weighted by Gasteiger charge is 2.28. The molecule has 0 amide bonds. The molecule has 3 N–H and O–H groups in total. The van der Waals surface area contributed by atoms with Crippen molar-refractivity contribution in [2.24, 2.45) is 0 Å². The highest BCUT2D eigenvalue weighted by atomic mass is 16.5. The van der Waals surface area contributed by atoms with Crippen molar-refractivity contribution in [3.8, 4) is 17.2 Å². The second-order valence-corrected chi connectivity index (χ2v) is 9.55. The van der Waals surface area contributed by atoms with Crippen LogP contribution in [0.1, 0.15) is 145 Å². The maximum atomic E-state index is 11.9. The predicted octanol–water partition coefficient (Wildman–Crippen LogP) is 8.56. The molecule has 196 valence electrons. The van der Waals surface area contributed by atoms with Crippen LogP contribution in [0, 0.1) is 0 Å². The van der Waals surface area contributed by atoms with Gasteiger partial charge in [0.05, 0.1) is 6.61 Å². The van der Waals surface area contributed by atoms with Gasteiger partial charge in [-0.1, -0.05) is 104 Å². The van der Waals surface area contributed by atoms with Crippen LogP contribution in [0.5, 0.6) is 17.2 Å². The number of aromatic carboxylic acids is 1. The lowest BCUT2D eigenvalue weighted by Gasteiger charge is -2.20. The van der Waals surface area contributed by atoms with Crippen molar-refractivity contribution in [1.82, 2.24) is 0 Å². The molecule has 1 aromatic rings. The summed E-state index contributed by atoms with van der Waals surface area (Å²) in [6.07, 6.45) is 20.2. The fraction of sp³-hybridized carbons (Fsp3) is 0.759. The van der Waals surface area contributed by atoms with Crippen LogP contribution in [0.2, 0.25) is 0 Å². The molecule has 0 aromatic heterocycles. The fourth-order valence-corrected chi connectivity index (χ4v) is 4.71. The van der Waals surface area contributed by atoms with Gasteiger partial charge in [-0.05, 0) is 32.6 Å².